The number of carbonyl (C=O) groups excluding carboxylic acids is 1. The van der Waals surface area contributed by atoms with Crippen LogP contribution in [0.1, 0.15) is 29.5 Å². The van der Waals surface area contributed by atoms with Gasteiger partial charge in [0.1, 0.15) is 5.82 Å². The highest BCUT2D eigenvalue weighted by Crippen LogP contribution is 2.09. The zero-order valence-electron chi connectivity index (χ0n) is 12.0. The fourth-order valence-electron chi connectivity index (χ4n) is 2.13. The summed E-state index contributed by atoms with van der Waals surface area (Å²) >= 11 is 0. The lowest BCUT2D eigenvalue weighted by molar-refractivity contribution is 0.102. The van der Waals surface area contributed by atoms with Crippen molar-refractivity contribution in [3.05, 3.63) is 58.1 Å². The number of H-pyrrole nitrogens is 1. The topological polar surface area (TPSA) is 92.1 Å². The lowest BCUT2D eigenvalue weighted by atomic mass is 10.2. The maximum absolute atomic E-state index is 12.2. The Labute approximate surface area is 126 Å². The molecule has 0 fully saturated rings. The van der Waals surface area contributed by atoms with Crippen LogP contribution in [0.25, 0.3) is 5.78 Å². The number of aromatic amines is 1. The van der Waals surface area contributed by atoms with Crippen molar-refractivity contribution in [2.45, 2.75) is 19.8 Å². The summed E-state index contributed by atoms with van der Waals surface area (Å²) in [6.45, 7) is 2.02. The summed E-state index contributed by atoms with van der Waals surface area (Å²) in [5.74, 6) is 0.932. The molecular weight excluding hydrogens is 282 g/mol. The second-order valence-corrected chi connectivity index (χ2v) is 4.85. The molecule has 0 bridgehead atoms. The first-order valence-corrected chi connectivity index (χ1v) is 7.02. The minimum absolute atomic E-state index is 0.294. The molecule has 112 valence electrons. The molecule has 0 aliphatic carbocycles. The van der Waals surface area contributed by atoms with Gasteiger partial charge < -0.3 is 5.32 Å². The van der Waals surface area contributed by atoms with Crippen LogP contribution in [0.5, 0.6) is 0 Å². The Bertz CT molecular complexity index is 867. The third-order valence-corrected chi connectivity index (χ3v) is 3.13. The summed E-state index contributed by atoms with van der Waals surface area (Å²) < 4.78 is 1.44. The first kappa shape index (κ1) is 14.0. The molecule has 0 aliphatic heterocycles. The standard InChI is InChI=1S/C15H15N5O2/c1-2-6-11-16-15-18-13(21)9-12(20(15)19-11)17-14(22)10-7-4-3-5-8-10/h3-5,7-9H,2,6H2,1H3,(H,17,22)(H,16,18,19,21). The molecule has 22 heavy (non-hydrogen) atoms. The van der Waals surface area contributed by atoms with Crippen molar-refractivity contribution in [1.29, 1.82) is 0 Å². The van der Waals surface area contributed by atoms with Gasteiger partial charge in [-0.1, -0.05) is 25.1 Å². The van der Waals surface area contributed by atoms with Gasteiger partial charge in [-0.2, -0.15) is 9.50 Å². The highest BCUT2D eigenvalue weighted by Gasteiger charge is 2.12. The minimum atomic E-state index is -0.341. The number of rotatable bonds is 4. The van der Waals surface area contributed by atoms with E-state index in [2.05, 4.69) is 20.4 Å². The molecule has 0 saturated carbocycles. The number of hydrogen-bond donors (Lipinski definition) is 2. The molecule has 2 aromatic heterocycles. The molecule has 0 radical (unpaired) electrons. The number of aryl methyl sites for hydroxylation is 1. The predicted octanol–water partition coefficient (Wildman–Crippen LogP) is 1.62. The second kappa shape index (κ2) is 5.80. The number of benzene rings is 1. The Morgan fingerprint density at radius 2 is 2.09 bits per heavy atom. The van der Waals surface area contributed by atoms with Crippen LogP contribution < -0.4 is 10.9 Å². The van der Waals surface area contributed by atoms with E-state index in [9.17, 15) is 9.59 Å². The van der Waals surface area contributed by atoms with E-state index in [-0.39, 0.29) is 11.5 Å². The molecule has 3 aromatic rings. The van der Waals surface area contributed by atoms with E-state index in [0.29, 0.717) is 29.4 Å². The van der Waals surface area contributed by atoms with Crippen LogP contribution in [-0.4, -0.2) is 25.5 Å². The number of aromatic nitrogens is 4. The van der Waals surface area contributed by atoms with Crippen LogP contribution in [0.2, 0.25) is 0 Å². The largest absolute Gasteiger partial charge is 0.306 e. The van der Waals surface area contributed by atoms with Crippen molar-refractivity contribution in [1.82, 2.24) is 19.6 Å². The average Bonchev–Trinajstić information content (AvgIpc) is 2.91. The Balaban J connectivity index is 1.99. The maximum Gasteiger partial charge on any atom is 0.256 e. The average molecular weight is 297 g/mol. The summed E-state index contributed by atoms with van der Waals surface area (Å²) in [4.78, 5) is 30.8. The number of anilines is 1. The summed E-state index contributed by atoms with van der Waals surface area (Å²) in [5.41, 5.74) is 0.163. The van der Waals surface area contributed by atoms with E-state index in [1.165, 1.54) is 10.6 Å². The number of hydrogen-bond acceptors (Lipinski definition) is 4. The third kappa shape index (κ3) is 2.73. The Hall–Kier alpha value is -2.96. The van der Waals surface area contributed by atoms with E-state index in [0.717, 1.165) is 6.42 Å². The SMILES string of the molecule is CCCc1nc2[nH]c(=O)cc(NC(=O)c3ccccc3)n2n1. The van der Waals surface area contributed by atoms with Gasteiger partial charge in [0.25, 0.3) is 11.5 Å². The molecule has 0 spiro atoms. The summed E-state index contributed by atoms with van der Waals surface area (Å²) in [5, 5.41) is 7.01. The van der Waals surface area contributed by atoms with Gasteiger partial charge in [-0.25, -0.2) is 0 Å². The van der Waals surface area contributed by atoms with Crippen molar-refractivity contribution in [2.75, 3.05) is 5.32 Å². The normalized spacial score (nSPS) is 10.8. The van der Waals surface area contributed by atoms with Gasteiger partial charge in [-0.05, 0) is 18.6 Å². The van der Waals surface area contributed by atoms with Crippen molar-refractivity contribution in [2.24, 2.45) is 0 Å². The lowest BCUT2D eigenvalue weighted by Crippen LogP contribution is -2.18. The molecule has 0 unspecified atom stereocenters. The van der Waals surface area contributed by atoms with Crippen LogP contribution >= 0.6 is 0 Å². The van der Waals surface area contributed by atoms with Crippen LogP contribution in [-0.2, 0) is 6.42 Å². The number of nitrogens with zero attached hydrogens (tertiary/aromatic N) is 3. The zero-order valence-corrected chi connectivity index (χ0v) is 12.0. The zero-order chi connectivity index (χ0) is 15.5. The fourth-order valence-corrected chi connectivity index (χ4v) is 2.13. The van der Waals surface area contributed by atoms with Crippen molar-refractivity contribution in [3.63, 3.8) is 0 Å². The minimum Gasteiger partial charge on any atom is -0.306 e. The summed E-state index contributed by atoms with van der Waals surface area (Å²) in [6, 6.07) is 10.1. The third-order valence-electron chi connectivity index (χ3n) is 3.13. The van der Waals surface area contributed by atoms with E-state index >= 15 is 0 Å². The molecule has 7 nitrogen and oxygen atoms in total. The van der Waals surface area contributed by atoms with E-state index < -0.39 is 0 Å². The monoisotopic (exact) mass is 297 g/mol. The lowest BCUT2D eigenvalue weighted by Gasteiger charge is -2.06. The van der Waals surface area contributed by atoms with Gasteiger partial charge >= 0.3 is 0 Å². The van der Waals surface area contributed by atoms with Gasteiger partial charge in [0.2, 0.25) is 5.78 Å². The Morgan fingerprint density at radius 1 is 1.32 bits per heavy atom. The van der Waals surface area contributed by atoms with Gasteiger partial charge in [0.05, 0.1) is 0 Å². The van der Waals surface area contributed by atoms with E-state index in [1.54, 1.807) is 24.3 Å². The van der Waals surface area contributed by atoms with Crippen LogP contribution in [0, 0.1) is 0 Å². The molecule has 2 N–H and O–H groups in total. The molecule has 7 heteroatoms. The van der Waals surface area contributed by atoms with Crippen LogP contribution in [0.3, 0.4) is 0 Å². The maximum atomic E-state index is 12.2. The molecular formula is C15H15N5O2. The predicted molar refractivity (Wildman–Crippen MR) is 82.0 cm³/mol. The number of carbonyl (C=O) groups is 1. The van der Waals surface area contributed by atoms with Crippen LogP contribution in [0.4, 0.5) is 5.82 Å². The first-order valence-electron chi connectivity index (χ1n) is 7.02. The van der Waals surface area contributed by atoms with Gasteiger partial charge in [0, 0.05) is 18.1 Å². The molecule has 2 heterocycles. The quantitative estimate of drug-likeness (QED) is 0.765. The number of amides is 1. The molecule has 0 aliphatic rings. The summed E-state index contributed by atoms with van der Waals surface area (Å²) in [7, 11) is 0. The van der Waals surface area contributed by atoms with Gasteiger partial charge in [-0.3, -0.25) is 14.6 Å². The van der Waals surface area contributed by atoms with Crippen LogP contribution in [0.15, 0.2) is 41.2 Å². The first-order chi connectivity index (χ1) is 10.7. The number of fused-ring (bicyclic) bond motifs is 1. The van der Waals surface area contributed by atoms with Crippen molar-refractivity contribution < 1.29 is 4.79 Å². The van der Waals surface area contributed by atoms with Gasteiger partial charge in [-0.15, -0.1) is 5.10 Å². The highest BCUT2D eigenvalue weighted by atomic mass is 16.2. The van der Waals surface area contributed by atoms with Crippen molar-refractivity contribution >= 4 is 17.5 Å². The Morgan fingerprint density at radius 3 is 2.82 bits per heavy atom. The fraction of sp³-hybridized carbons (Fsp3) is 0.200. The second-order valence-electron chi connectivity index (χ2n) is 4.85. The van der Waals surface area contributed by atoms with Crippen molar-refractivity contribution in [3.8, 4) is 0 Å². The van der Waals surface area contributed by atoms with E-state index in [4.69, 9.17) is 0 Å². The van der Waals surface area contributed by atoms with Gasteiger partial charge in [0.15, 0.2) is 5.82 Å². The Kier molecular flexibility index (Phi) is 3.69. The summed E-state index contributed by atoms with van der Waals surface area (Å²) in [6.07, 6.45) is 1.60. The van der Waals surface area contributed by atoms with E-state index in [1.807, 2.05) is 13.0 Å². The number of nitrogens with one attached hydrogen (secondary N) is 2. The molecule has 3 rings (SSSR count). The molecule has 0 saturated heterocycles. The smallest absolute Gasteiger partial charge is 0.256 e. The molecule has 0 atom stereocenters. The molecule has 1 aromatic carbocycles. The molecule has 1 amide bonds. The highest BCUT2D eigenvalue weighted by molar-refractivity contribution is 6.03.